The summed E-state index contributed by atoms with van der Waals surface area (Å²) >= 11 is 0. The molecule has 1 aromatic heterocycles. The Kier molecular flexibility index (Phi) is 3.67. The number of nitriles is 1. The molecular formula is C15H14N2O2. The van der Waals surface area contributed by atoms with Crippen LogP contribution in [0.5, 0.6) is 0 Å². The van der Waals surface area contributed by atoms with Crippen LogP contribution in [0.25, 0.3) is 0 Å². The molecule has 19 heavy (non-hydrogen) atoms. The third-order valence-corrected chi connectivity index (χ3v) is 3.05. The Hall–Kier alpha value is -2.54. The molecule has 96 valence electrons. The number of carboxylic acids is 1. The zero-order chi connectivity index (χ0) is 13.8. The molecular weight excluding hydrogens is 240 g/mol. The van der Waals surface area contributed by atoms with Crippen LogP contribution in [0.4, 0.5) is 0 Å². The smallest absolute Gasteiger partial charge is 0.337 e. The van der Waals surface area contributed by atoms with Crippen LogP contribution in [-0.2, 0) is 13.0 Å². The Bertz CT molecular complexity index is 650. The fraction of sp³-hybridized carbons (Fsp3) is 0.200. The van der Waals surface area contributed by atoms with Crippen molar-refractivity contribution in [3.63, 3.8) is 0 Å². The van der Waals surface area contributed by atoms with E-state index in [0.29, 0.717) is 24.1 Å². The Morgan fingerprint density at radius 1 is 1.42 bits per heavy atom. The molecule has 0 aliphatic carbocycles. The average Bonchev–Trinajstić information content (AvgIpc) is 2.82. The van der Waals surface area contributed by atoms with Gasteiger partial charge < -0.3 is 9.67 Å². The van der Waals surface area contributed by atoms with Gasteiger partial charge in [0.15, 0.2) is 0 Å². The minimum absolute atomic E-state index is 0.346. The van der Waals surface area contributed by atoms with Gasteiger partial charge in [-0.2, -0.15) is 5.26 Å². The molecule has 0 aliphatic heterocycles. The molecule has 0 unspecified atom stereocenters. The lowest BCUT2D eigenvalue weighted by molar-refractivity contribution is 0.0695. The third-order valence-electron chi connectivity index (χ3n) is 3.05. The quantitative estimate of drug-likeness (QED) is 0.912. The number of carboxylic acid groups (broad SMARTS) is 1. The Morgan fingerprint density at radius 2 is 2.21 bits per heavy atom. The summed E-state index contributed by atoms with van der Waals surface area (Å²) in [6.45, 7) is 2.51. The maximum Gasteiger partial charge on any atom is 0.337 e. The highest BCUT2D eigenvalue weighted by molar-refractivity contribution is 5.89. The summed E-state index contributed by atoms with van der Waals surface area (Å²) in [4.78, 5) is 11.1. The van der Waals surface area contributed by atoms with Gasteiger partial charge in [-0.25, -0.2) is 4.79 Å². The monoisotopic (exact) mass is 254 g/mol. The fourth-order valence-corrected chi connectivity index (χ4v) is 2.18. The van der Waals surface area contributed by atoms with Gasteiger partial charge in [0, 0.05) is 18.4 Å². The molecule has 1 heterocycles. The van der Waals surface area contributed by atoms with E-state index < -0.39 is 5.97 Å². The predicted octanol–water partition coefficient (Wildman–Crippen LogP) is 2.67. The normalized spacial score (nSPS) is 10.1. The van der Waals surface area contributed by atoms with E-state index >= 15 is 0 Å². The molecule has 0 fully saturated rings. The molecule has 1 N–H and O–H groups in total. The minimum Gasteiger partial charge on any atom is -0.478 e. The lowest BCUT2D eigenvalue weighted by Crippen LogP contribution is -2.07. The maximum absolute atomic E-state index is 11.1. The van der Waals surface area contributed by atoms with Gasteiger partial charge in [-0.1, -0.05) is 19.1 Å². The van der Waals surface area contributed by atoms with Crippen LogP contribution in [0, 0.1) is 11.3 Å². The van der Waals surface area contributed by atoms with Crippen molar-refractivity contribution in [3.8, 4) is 6.07 Å². The van der Waals surface area contributed by atoms with E-state index in [1.54, 1.807) is 18.3 Å². The number of nitrogens with zero attached hydrogens (tertiary/aromatic N) is 2. The lowest BCUT2D eigenvalue weighted by Gasteiger charge is -2.09. The molecule has 0 atom stereocenters. The standard InChI is InChI=1S/C15H14N2O2/c1-2-14-13(15(18)19)6-7-17(14)10-12-5-3-4-11(8-12)9-16/h3-8H,2,10H2,1H3,(H,18,19). The molecule has 4 heteroatoms. The summed E-state index contributed by atoms with van der Waals surface area (Å²) in [5.74, 6) is -0.902. The Labute approximate surface area is 111 Å². The van der Waals surface area contributed by atoms with Gasteiger partial charge in [0.25, 0.3) is 0 Å². The van der Waals surface area contributed by atoms with E-state index in [0.717, 1.165) is 11.3 Å². The SMILES string of the molecule is CCc1c(C(=O)O)ccn1Cc1cccc(C#N)c1. The van der Waals surface area contributed by atoms with Gasteiger partial charge in [-0.05, 0) is 30.2 Å². The summed E-state index contributed by atoms with van der Waals surface area (Å²) in [5.41, 5.74) is 2.75. The zero-order valence-electron chi connectivity index (χ0n) is 10.6. The van der Waals surface area contributed by atoms with Gasteiger partial charge in [-0.15, -0.1) is 0 Å². The van der Waals surface area contributed by atoms with Crippen LogP contribution >= 0.6 is 0 Å². The van der Waals surface area contributed by atoms with E-state index in [1.165, 1.54) is 0 Å². The summed E-state index contributed by atoms with van der Waals surface area (Å²) < 4.78 is 1.92. The van der Waals surface area contributed by atoms with Crippen molar-refractivity contribution in [1.82, 2.24) is 4.57 Å². The molecule has 2 rings (SSSR count). The molecule has 1 aromatic carbocycles. The molecule has 2 aromatic rings. The lowest BCUT2D eigenvalue weighted by atomic mass is 10.1. The van der Waals surface area contributed by atoms with Crippen molar-refractivity contribution in [2.75, 3.05) is 0 Å². The van der Waals surface area contributed by atoms with Crippen molar-refractivity contribution < 1.29 is 9.90 Å². The summed E-state index contributed by atoms with van der Waals surface area (Å²) in [7, 11) is 0. The number of benzene rings is 1. The van der Waals surface area contributed by atoms with Crippen LogP contribution < -0.4 is 0 Å². The van der Waals surface area contributed by atoms with Crippen molar-refractivity contribution in [1.29, 1.82) is 5.26 Å². The highest BCUT2D eigenvalue weighted by Crippen LogP contribution is 2.15. The van der Waals surface area contributed by atoms with Gasteiger partial charge >= 0.3 is 5.97 Å². The van der Waals surface area contributed by atoms with Crippen molar-refractivity contribution >= 4 is 5.97 Å². The topological polar surface area (TPSA) is 66.0 Å². The third kappa shape index (κ3) is 2.66. The van der Waals surface area contributed by atoms with Gasteiger partial charge in [0.05, 0.1) is 17.2 Å². The molecule has 4 nitrogen and oxygen atoms in total. The molecule has 0 bridgehead atoms. The van der Waals surface area contributed by atoms with Crippen LogP contribution in [0.1, 0.15) is 34.1 Å². The second-order valence-electron chi connectivity index (χ2n) is 4.27. The highest BCUT2D eigenvalue weighted by Gasteiger charge is 2.13. The van der Waals surface area contributed by atoms with Gasteiger partial charge in [0.2, 0.25) is 0 Å². The van der Waals surface area contributed by atoms with E-state index in [9.17, 15) is 4.79 Å². The first-order chi connectivity index (χ1) is 9.15. The zero-order valence-corrected chi connectivity index (χ0v) is 10.6. The van der Waals surface area contributed by atoms with Gasteiger partial charge in [0.1, 0.15) is 0 Å². The molecule has 0 saturated heterocycles. The minimum atomic E-state index is -0.902. The summed E-state index contributed by atoms with van der Waals surface area (Å²) in [6, 6.07) is 11.1. The number of hydrogen-bond donors (Lipinski definition) is 1. The largest absolute Gasteiger partial charge is 0.478 e. The summed E-state index contributed by atoms with van der Waals surface area (Å²) in [6.07, 6.45) is 2.44. The first-order valence-electron chi connectivity index (χ1n) is 6.06. The fourth-order valence-electron chi connectivity index (χ4n) is 2.18. The molecule has 0 saturated carbocycles. The predicted molar refractivity (Wildman–Crippen MR) is 71.0 cm³/mol. The van der Waals surface area contributed by atoms with Crippen molar-refractivity contribution in [3.05, 3.63) is 58.9 Å². The molecule has 0 spiro atoms. The van der Waals surface area contributed by atoms with E-state index in [2.05, 4.69) is 6.07 Å². The molecule has 0 aliphatic rings. The van der Waals surface area contributed by atoms with Gasteiger partial charge in [-0.3, -0.25) is 0 Å². The summed E-state index contributed by atoms with van der Waals surface area (Å²) in [5, 5.41) is 18.0. The van der Waals surface area contributed by atoms with Crippen LogP contribution in [0.15, 0.2) is 36.5 Å². The van der Waals surface area contributed by atoms with Crippen molar-refractivity contribution in [2.24, 2.45) is 0 Å². The number of aromatic carboxylic acids is 1. The number of hydrogen-bond acceptors (Lipinski definition) is 2. The Balaban J connectivity index is 2.33. The van der Waals surface area contributed by atoms with E-state index in [-0.39, 0.29) is 0 Å². The maximum atomic E-state index is 11.1. The van der Waals surface area contributed by atoms with E-state index in [1.807, 2.05) is 29.7 Å². The molecule has 0 amide bonds. The van der Waals surface area contributed by atoms with Crippen LogP contribution in [0.3, 0.4) is 0 Å². The second-order valence-corrected chi connectivity index (χ2v) is 4.27. The number of rotatable bonds is 4. The number of aromatic nitrogens is 1. The van der Waals surface area contributed by atoms with Crippen LogP contribution in [-0.4, -0.2) is 15.6 Å². The molecule has 0 radical (unpaired) electrons. The second kappa shape index (κ2) is 5.40. The van der Waals surface area contributed by atoms with E-state index in [4.69, 9.17) is 10.4 Å². The average molecular weight is 254 g/mol. The first kappa shape index (κ1) is 12.9. The van der Waals surface area contributed by atoms with Crippen molar-refractivity contribution in [2.45, 2.75) is 19.9 Å². The Morgan fingerprint density at radius 3 is 2.84 bits per heavy atom. The highest BCUT2D eigenvalue weighted by atomic mass is 16.4. The van der Waals surface area contributed by atoms with Crippen LogP contribution in [0.2, 0.25) is 0 Å². The first-order valence-corrected chi connectivity index (χ1v) is 6.06. The number of carbonyl (C=O) groups is 1.